The molecular formula is C11H15BrO2. The second-order valence-electron chi connectivity index (χ2n) is 3.19. The maximum atomic E-state index is 9.28. The summed E-state index contributed by atoms with van der Waals surface area (Å²) < 4.78 is 5.50. The van der Waals surface area contributed by atoms with Crippen molar-refractivity contribution in [1.29, 1.82) is 0 Å². The number of benzene rings is 1. The van der Waals surface area contributed by atoms with Gasteiger partial charge in [0.05, 0.1) is 18.8 Å². The molecule has 0 aliphatic rings. The second-order valence-corrected chi connectivity index (χ2v) is 3.84. The Balaban J connectivity index is 2.39. The van der Waals surface area contributed by atoms with Crippen LogP contribution in [0.3, 0.4) is 0 Å². The second kappa shape index (κ2) is 6.17. The van der Waals surface area contributed by atoms with Gasteiger partial charge in [0.2, 0.25) is 0 Å². The topological polar surface area (TPSA) is 29.5 Å². The van der Waals surface area contributed by atoms with Crippen LogP contribution in [0, 0.1) is 0 Å². The van der Waals surface area contributed by atoms with E-state index in [2.05, 4.69) is 15.9 Å². The summed E-state index contributed by atoms with van der Waals surface area (Å²) in [6, 6.07) is 9.98. The molecule has 1 rings (SSSR count). The van der Waals surface area contributed by atoms with Crippen molar-refractivity contribution in [2.45, 2.75) is 19.1 Å². The molecule has 0 fully saturated rings. The van der Waals surface area contributed by atoms with Crippen molar-refractivity contribution in [3.8, 4) is 0 Å². The molecule has 2 atom stereocenters. The van der Waals surface area contributed by atoms with E-state index in [1.807, 2.05) is 37.3 Å². The lowest BCUT2D eigenvalue weighted by atomic mass is 10.1. The Bertz CT molecular complexity index is 251. The number of hydrogen-bond acceptors (Lipinski definition) is 2. The van der Waals surface area contributed by atoms with E-state index in [1.165, 1.54) is 0 Å². The Morgan fingerprint density at radius 3 is 2.57 bits per heavy atom. The molecule has 1 aromatic carbocycles. The van der Waals surface area contributed by atoms with E-state index >= 15 is 0 Å². The van der Waals surface area contributed by atoms with Crippen molar-refractivity contribution in [3.05, 3.63) is 35.9 Å². The fourth-order valence-electron chi connectivity index (χ4n) is 1.12. The Morgan fingerprint density at radius 1 is 1.36 bits per heavy atom. The Hall–Kier alpha value is -0.380. The SMILES string of the molecule is CC(OCC(O)CBr)c1ccccc1. The van der Waals surface area contributed by atoms with Gasteiger partial charge < -0.3 is 9.84 Å². The Kier molecular flexibility index (Phi) is 5.15. The summed E-state index contributed by atoms with van der Waals surface area (Å²) in [6.45, 7) is 2.34. The number of aliphatic hydroxyl groups excluding tert-OH is 1. The van der Waals surface area contributed by atoms with Crippen LogP contribution in [0.15, 0.2) is 30.3 Å². The van der Waals surface area contributed by atoms with Crippen LogP contribution in [0.2, 0.25) is 0 Å². The van der Waals surface area contributed by atoms with Gasteiger partial charge in [-0.05, 0) is 12.5 Å². The van der Waals surface area contributed by atoms with Crippen molar-refractivity contribution in [2.75, 3.05) is 11.9 Å². The van der Waals surface area contributed by atoms with Crippen LogP contribution in [0.5, 0.6) is 0 Å². The first-order valence-corrected chi connectivity index (χ1v) is 5.76. The number of rotatable bonds is 5. The summed E-state index contributed by atoms with van der Waals surface area (Å²) in [4.78, 5) is 0. The largest absolute Gasteiger partial charge is 0.390 e. The van der Waals surface area contributed by atoms with Crippen molar-refractivity contribution >= 4 is 15.9 Å². The summed E-state index contributed by atoms with van der Waals surface area (Å²) in [7, 11) is 0. The predicted octanol–water partition coefficient (Wildman–Crippen LogP) is 2.52. The molecule has 0 spiro atoms. The fourth-order valence-corrected chi connectivity index (χ4v) is 1.31. The van der Waals surface area contributed by atoms with Crippen molar-refractivity contribution < 1.29 is 9.84 Å². The quantitative estimate of drug-likeness (QED) is 0.823. The highest BCUT2D eigenvalue weighted by molar-refractivity contribution is 9.09. The average Bonchev–Trinajstić information content (AvgIpc) is 2.26. The van der Waals surface area contributed by atoms with E-state index in [-0.39, 0.29) is 6.10 Å². The minimum absolute atomic E-state index is 0.0323. The van der Waals surface area contributed by atoms with Gasteiger partial charge in [-0.3, -0.25) is 0 Å². The molecule has 0 radical (unpaired) electrons. The zero-order valence-corrected chi connectivity index (χ0v) is 9.78. The minimum Gasteiger partial charge on any atom is -0.390 e. The van der Waals surface area contributed by atoms with Crippen LogP contribution >= 0.6 is 15.9 Å². The molecule has 0 bridgehead atoms. The summed E-state index contributed by atoms with van der Waals surface area (Å²) in [5.74, 6) is 0. The molecule has 0 saturated heterocycles. The molecule has 0 aliphatic heterocycles. The third-order valence-electron chi connectivity index (χ3n) is 1.99. The fraction of sp³-hybridized carbons (Fsp3) is 0.455. The van der Waals surface area contributed by atoms with Crippen molar-refractivity contribution in [1.82, 2.24) is 0 Å². The monoisotopic (exact) mass is 258 g/mol. The Morgan fingerprint density at radius 2 is 2.00 bits per heavy atom. The lowest BCUT2D eigenvalue weighted by Crippen LogP contribution is -2.17. The molecule has 2 unspecified atom stereocenters. The standard InChI is InChI=1S/C11H15BrO2/c1-9(14-8-11(13)7-12)10-5-3-2-4-6-10/h2-6,9,11,13H,7-8H2,1H3. The van der Waals surface area contributed by atoms with Crippen molar-refractivity contribution in [2.24, 2.45) is 0 Å². The number of ether oxygens (including phenoxy) is 1. The predicted molar refractivity (Wildman–Crippen MR) is 60.6 cm³/mol. The lowest BCUT2D eigenvalue weighted by Gasteiger charge is -2.15. The zero-order valence-electron chi connectivity index (χ0n) is 8.19. The first-order valence-electron chi connectivity index (χ1n) is 4.64. The van der Waals surface area contributed by atoms with Crippen molar-refractivity contribution in [3.63, 3.8) is 0 Å². The highest BCUT2D eigenvalue weighted by Crippen LogP contribution is 2.15. The number of alkyl halides is 1. The van der Waals surface area contributed by atoms with Gasteiger partial charge in [0, 0.05) is 5.33 Å². The summed E-state index contributed by atoms with van der Waals surface area (Å²) in [5, 5.41) is 9.83. The van der Waals surface area contributed by atoms with E-state index in [4.69, 9.17) is 4.74 Å². The van der Waals surface area contributed by atoms with E-state index in [0.29, 0.717) is 11.9 Å². The normalized spacial score (nSPS) is 15.1. The summed E-state index contributed by atoms with van der Waals surface area (Å²) >= 11 is 3.19. The molecule has 78 valence electrons. The highest BCUT2D eigenvalue weighted by Gasteiger charge is 2.07. The highest BCUT2D eigenvalue weighted by atomic mass is 79.9. The molecule has 0 amide bonds. The van der Waals surface area contributed by atoms with E-state index in [1.54, 1.807) is 0 Å². The molecule has 0 aromatic heterocycles. The molecular weight excluding hydrogens is 244 g/mol. The Labute approximate surface area is 93.0 Å². The van der Waals surface area contributed by atoms with Crippen LogP contribution in [-0.4, -0.2) is 23.1 Å². The molecule has 14 heavy (non-hydrogen) atoms. The van der Waals surface area contributed by atoms with Gasteiger partial charge in [-0.2, -0.15) is 0 Å². The van der Waals surface area contributed by atoms with Crippen LogP contribution in [0.4, 0.5) is 0 Å². The minimum atomic E-state index is -0.429. The maximum Gasteiger partial charge on any atom is 0.0870 e. The van der Waals surface area contributed by atoms with Crippen LogP contribution in [0.1, 0.15) is 18.6 Å². The molecule has 0 aliphatic carbocycles. The van der Waals surface area contributed by atoms with E-state index < -0.39 is 6.10 Å². The summed E-state index contributed by atoms with van der Waals surface area (Å²) in [5.41, 5.74) is 1.13. The summed E-state index contributed by atoms with van der Waals surface area (Å²) in [6.07, 6.45) is -0.397. The molecule has 1 N–H and O–H groups in total. The van der Waals surface area contributed by atoms with Crippen LogP contribution in [-0.2, 0) is 4.74 Å². The molecule has 0 heterocycles. The smallest absolute Gasteiger partial charge is 0.0870 e. The van der Waals surface area contributed by atoms with Gasteiger partial charge in [-0.15, -0.1) is 0 Å². The third kappa shape index (κ3) is 3.78. The number of halogens is 1. The van der Waals surface area contributed by atoms with Crippen LogP contribution < -0.4 is 0 Å². The molecule has 0 saturated carbocycles. The van der Waals surface area contributed by atoms with Gasteiger partial charge in [0.1, 0.15) is 0 Å². The zero-order chi connectivity index (χ0) is 10.4. The van der Waals surface area contributed by atoms with E-state index in [0.717, 1.165) is 5.56 Å². The van der Waals surface area contributed by atoms with Gasteiger partial charge in [-0.1, -0.05) is 46.3 Å². The van der Waals surface area contributed by atoms with Gasteiger partial charge in [0.25, 0.3) is 0 Å². The van der Waals surface area contributed by atoms with Gasteiger partial charge in [0.15, 0.2) is 0 Å². The van der Waals surface area contributed by atoms with E-state index in [9.17, 15) is 5.11 Å². The number of aliphatic hydroxyl groups is 1. The third-order valence-corrected chi connectivity index (χ3v) is 2.73. The van der Waals surface area contributed by atoms with Gasteiger partial charge in [-0.25, -0.2) is 0 Å². The maximum absolute atomic E-state index is 9.28. The first-order chi connectivity index (χ1) is 6.74. The van der Waals surface area contributed by atoms with Gasteiger partial charge >= 0.3 is 0 Å². The van der Waals surface area contributed by atoms with Crippen LogP contribution in [0.25, 0.3) is 0 Å². The number of hydrogen-bond donors (Lipinski definition) is 1. The molecule has 2 nitrogen and oxygen atoms in total. The first kappa shape index (κ1) is 11.7. The lowest BCUT2D eigenvalue weighted by molar-refractivity contribution is 0.00664. The average molecular weight is 259 g/mol. The molecule has 1 aromatic rings. The molecule has 3 heteroatoms.